The zero-order valence-corrected chi connectivity index (χ0v) is 14.3. The Kier molecular flexibility index (Phi) is 5.50. The van der Waals surface area contributed by atoms with Gasteiger partial charge in [0, 0.05) is 12.7 Å². The van der Waals surface area contributed by atoms with E-state index in [0.29, 0.717) is 11.0 Å². The molecule has 1 aromatic heterocycles. The van der Waals surface area contributed by atoms with Crippen molar-refractivity contribution in [3.63, 3.8) is 0 Å². The number of rotatable bonds is 5. The summed E-state index contributed by atoms with van der Waals surface area (Å²) in [5.41, 5.74) is 1.24. The number of hydrogen-bond acceptors (Lipinski definition) is 2. The second-order valence-corrected chi connectivity index (χ2v) is 6.03. The highest BCUT2D eigenvalue weighted by atomic mass is 19.2. The molecule has 7 heteroatoms. The van der Waals surface area contributed by atoms with Crippen molar-refractivity contribution in [3.8, 4) is 0 Å². The smallest absolute Gasteiger partial charge is 0.263 e. The van der Waals surface area contributed by atoms with Gasteiger partial charge in [0.25, 0.3) is 11.5 Å². The van der Waals surface area contributed by atoms with Crippen molar-refractivity contribution < 1.29 is 13.6 Å². The lowest BCUT2D eigenvalue weighted by atomic mass is 9.94. The number of carbonyl (C=O) groups is 1. The van der Waals surface area contributed by atoms with E-state index in [9.17, 15) is 18.4 Å². The molecule has 0 fully saturated rings. The SMILES string of the molecule is [B]c1cccc(CNC(=O)c2cccn(Cc3ccc(F)c(F)c3)c2=O)c1. The molecule has 1 N–H and O–H groups in total. The van der Waals surface area contributed by atoms with E-state index in [4.69, 9.17) is 7.85 Å². The number of nitrogens with one attached hydrogen (secondary N) is 1. The molecule has 4 nitrogen and oxygen atoms in total. The lowest BCUT2D eigenvalue weighted by Gasteiger charge is -2.10. The molecule has 2 aromatic carbocycles. The lowest BCUT2D eigenvalue weighted by molar-refractivity contribution is 0.0949. The zero-order chi connectivity index (χ0) is 19.4. The lowest BCUT2D eigenvalue weighted by Crippen LogP contribution is -2.32. The minimum absolute atomic E-state index is 0.0202. The van der Waals surface area contributed by atoms with Crippen LogP contribution in [0.3, 0.4) is 0 Å². The Morgan fingerprint density at radius 1 is 1.00 bits per heavy atom. The maximum absolute atomic E-state index is 13.3. The molecule has 2 radical (unpaired) electrons. The number of amides is 1. The second-order valence-electron chi connectivity index (χ2n) is 6.03. The maximum atomic E-state index is 13.3. The summed E-state index contributed by atoms with van der Waals surface area (Å²) < 4.78 is 27.6. The van der Waals surface area contributed by atoms with Crippen molar-refractivity contribution in [1.82, 2.24) is 9.88 Å². The molecule has 134 valence electrons. The third kappa shape index (κ3) is 4.50. The summed E-state index contributed by atoms with van der Waals surface area (Å²) in [7, 11) is 5.70. The number of aromatic nitrogens is 1. The molecule has 3 rings (SSSR count). The third-order valence-corrected chi connectivity index (χ3v) is 4.01. The number of halogens is 2. The van der Waals surface area contributed by atoms with Gasteiger partial charge in [-0.2, -0.15) is 0 Å². The molecule has 27 heavy (non-hydrogen) atoms. The van der Waals surface area contributed by atoms with Crippen LogP contribution in [0.5, 0.6) is 0 Å². The minimum Gasteiger partial charge on any atom is -0.348 e. The average molecular weight is 364 g/mol. The van der Waals surface area contributed by atoms with Gasteiger partial charge in [0.2, 0.25) is 0 Å². The van der Waals surface area contributed by atoms with Crippen LogP contribution in [-0.2, 0) is 13.1 Å². The predicted molar refractivity (Wildman–Crippen MR) is 99.2 cm³/mol. The summed E-state index contributed by atoms with van der Waals surface area (Å²) in [6.45, 7) is 0.244. The minimum atomic E-state index is -0.989. The van der Waals surface area contributed by atoms with Crippen molar-refractivity contribution in [2.45, 2.75) is 13.1 Å². The number of hydrogen-bond donors (Lipinski definition) is 1. The standard InChI is InChI=1S/C20H15BF2N2O2/c21-15-4-1-3-13(9-15)11-24-19(26)16-5-2-8-25(20(16)27)12-14-6-7-17(22)18(23)10-14/h1-10H,11-12H2,(H,24,26). The van der Waals surface area contributed by atoms with Crippen LogP contribution in [0.25, 0.3) is 0 Å². The molecule has 0 aliphatic heterocycles. The van der Waals surface area contributed by atoms with E-state index >= 15 is 0 Å². The Morgan fingerprint density at radius 3 is 2.56 bits per heavy atom. The molecule has 0 spiro atoms. The highest BCUT2D eigenvalue weighted by molar-refractivity contribution is 6.32. The predicted octanol–water partition coefficient (Wildman–Crippen LogP) is 1.90. The van der Waals surface area contributed by atoms with Gasteiger partial charge in [0.15, 0.2) is 11.6 Å². The molecule has 0 bridgehead atoms. The Balaban J connectivity index is 1.76. The molecule has 0 atom stereocenters. The van der Waals surface area contributed by atoms with E-state index in [1.54, 1.807) is 24.3 Å². The molecule has 1 heterocycles. The van der Waals surface area contributed by atoms with Gasteiger partial charge >= 0.3 is 0 Å². The summed E-state index contributed by atoms with van der Waals surface area (Å²) in [5.74, 6) is -2.47. The van der Waals surface area contributed by atoms with Crippen LogP contribution in [-0.4, -0.2) is 18.3 Å². The van der Waals surface area contributed by atoms with Crippen molar-refractivity contribution in [2.24, 2.45) is 0 Å². The first-order valence-corrected chi connectivity index (χ1v) is 8.20. The molecule has 0 aliphatic rings. The summed E-state index contributed by atoms with van der Waals surface area (Å²) in [4.78, 5) is 24.9. The summed E-state index contributed by atoms with van der Waals surface area (Å²) in [5, 5.41) is 2.67. The fraction of sp³-hybridized carbons (Fsp3) is 0.100. The Morgan fingerprint density at radius 2 is 1.81 bits per heavy atom. The molecule has 0 saturated heterocycles. The van der Waals surface area contributed by atoms with E-state index in [-0.39, 0.29) is 18.7 Å². The van der Waals surface area contributed by atoms with Crippen LogP contribution < -0.4 is 16.3 Å². The van der Waals surface area contributed by atoms with Gasteiger partial charge in [0.1, 0.15) is 13.4 Å². The molecular formula is C20H15BF2N2O2. The molecule has 1 amide bonds. The normalized spacial score (nSPS) is 10.6. The van der Waals surface area contributed by atoms with Crippen LogP contribution in [0, 0.1) is 11.6 Å². The highest BCUT2D eigenvalue weighted by Crippen LogP contribution is 2.09. The molecule has 3 aromatic rings. The highest BCUT2D eigenvalue weighted by Gasteiger charge is 2.12. The summed E-state index contributed by atoms with van der Waals surface area (Å²) in [6, 6.07) is 13.4. The van der Waals surface area contributed by atoms with E-state index < -0.39 is 23.1 Å². The first kappa shape index (κ1) is 18.6. The summed E-state index contributed by atoms with van der Waals surface area (Å²) in [6.07, 6.45) is 1.48. The van der Waals surface area contributed by atoms with Crippen molar-refractivity contribution >= 4 is 19.2 Å². The maximum Gasteiger partial charge on any atom is 0.263 e. The quantitative estimate of drug-likeness (QED) is 0.704. The van der Waals surface area contributed by atoms with Crippen molar-refractivity contribution in [2.75, 3.05) is 0 Å². The van der Waals surface area contributed by atoms with Gasteiger partial charge in [-0.3, -0.25) is 9.59 Å². The zero-order valence-electron chi connectivity index (χ0n) is 14.3. The fourth-order valence-electron chi connectivity index (χ4n) is 2.65. The molecule has 0 aliphatic carbocycles. The summed E-state index contributed by atoms with van der Waals surface area (Å²) >= 11 is 0. The largest absolute Gasteiger partial charge is 0.348 e. The van der Waals surface area contributed by atoms with Crippen molar-refractivity contribution in [3.05, 3.63) is 99.5 Å². The first-order valence-electron chi connectivity index (χ1n) is 8.20. The number of pyridine rings is 1. The number of carbonyl (C=O) groups excluding carboxylic acids is 1. The van der Waals surface area contributed by atoms with Crippen molar-refractivity contribution in [1.29, 1.82) is 0 Å². The van der Waals surface area contributed by atoms with Crippen LogP contribution >= 0.6 is 0 Å². The number of benzene rings is 2. The van der Waals surface area contributed by atoms with Crippen LogP contribution in [0.2, 0.25) is 0 Å². The van der Waals surface area contributed by atoms with Gasteiger partial charge in [-0.25, -0.2) is 8.78 Å². The van der Waals surface area contributed by atoms with E-state index in [2.05, 4.69) is 5.32 Å². The van der Waals surface area contributed by atoms with Gasteiger partial charge in [0.05, 0.1) is 6.54 Å². The monoisotopic (exact) mass is 364 g/mol. The average Bonchev–Trinajstić information content (AvgIpc) is 2.64. The van der Waals surface area contributed by atoms with Crippen LogP contribution in [0.15, 0.2) is 65.6 Å². The number of nitrogens with zero attached hydrogens (tertiary/aromatic N) is 1. The molecule has 0 unspecified atom stereocenters. The van der Waals surface area contributed by atoms with E-state index in [1.807, 2.05) is 6.07 Å². The third-order valence-electron chi connectivity index (χ3n) is 4.01. The Labute approximate surface area is 155 Å². The van der Waals surface area contributed by atoms with E-state index in [1.165, 1.54) is 22.9 Å². The molecule has 0 saturated carbocycles. The topological polar surface area (TPSA) is 51.1 Å². The first-order chi connectivity index (χ1) is 12.9. The second kappa shape index (κ2) is 7.99. The van der Waals surface area contributed by atoms with Gasteiger partial charge in [-0.05, 0) is 35.4 Å². The molecular weight excluding hydrogens is 349 g/mol. The van der Waals surface area contributed by atoms with Gasteiger partial charge in [-0.1, -0.05) is 35.8 Å². The van der Waals surface area contributed by atoms with Gasteiger partial charge in [-0.15, -0.1) is 0 Å². The van der Waals surface area contributed by atoms with E-state index in [0.717, 1.165) is 17.7 Å². The Bertz CT molecular complexity index is 1050. The fourth-order valence-corrected chi connectivity index (χ4v) is 2.65. The Hall–Kier alpha value is -3.22. The van der Waals surface area contributed by atoms with Crippen LogP contribution in [0.4, 0.5) is 8.78 Å². The van der Waals surface area contributed by atoms with Crippen LogP contribution in [0.1, 0.15) is 21.5 Å². The van der Waals surface area contributed by atoms with Gasteiger partial charge < -0.3 is 9.88 Å².